The summed E-state index contributed by atoms with van der Waals surface area (Å²) in [6.45, 7) is 8.36. The van der Waals surface area contributed by atoms with E-state index in [1.165, 1.54) is 31.4 Å². The normalized spacial score (nSPS) is 25.7. The van der Waals surface area contributed by atoms with E-state index in [-0.39, 0.29) is 17.1 Å². The molecule has 180 valence electrons. The molecule has 7 nitrogen and oxygen atoms in total. The van der Waals surface area contributed by atoms with Gasteiger partial charge in [0.05, 0.1) is 18.6 Å². The van der Waals surface area contributed by atoms with Crippen molar-refractivity contribution in [3.63, 3.8) is 0 Å². The van der Waals surface area contributed by atoms with E-state index in [1.807, 2.05) is 0 Å². The maximum atomic E-state index is 13.6. The molecule has 1 N–H and O–H groups in total. The summed E-state index contributed by atoms with van der Waals surface area (Å²) in [5, 5.41) is 8.20. The third-order valence-corrected chi connectivity index (χ3v) is 7.64. The van der Waals surface area contributed by atoms with E-state index in [9.17, 15) is 9.18 Å². The zero-order valence-electron chi connectivity index (χ0n) is 19.5. The molecule has 0 spiro atoms. The van der Waals surface area contributed by atoms with Crippen molar-refractivity contribution >= 4 is 22.7 Å². The number of fused-ring (bicyclic) bond motifs is 1. The minimum absolute atomic E-state index is 0.0439. The molecule has 1 saturated carbocycles. The Bertz CT molecular complexity index is 960. The van der Waals surface area contributed by atoms with Gasteiger partial charge in [-0.25, -0.2) is 4.39 Å². The van der Waals surface area contributed by atoms with Crippen LogP contribution in [0.1, 0.15) is 45.4 Å². The molecule has 0 unspecified atom stereocenters. The Morgan fingerprint density at radius 3 is 2.64 bits per heavy atom. The van der Waals surface area contributed by atoms with Crippen molar-refractivity contribution in [2.24, 2.45) is 11.3 Å². The van der Waals surface area contributed by atoms with Gasteiger partial charge in [0.25, 0.3) is 0 Å². The van der Waals surface area contributed by atoms with Crippen molar-refractivity contribution in [3.8, 4) is 0 Å². The minimum atomic E-state index is -0.262. The van der Waals surface area contributed by atoms with Gasteiger partial charge in [0, 0.05) is 44.1 Å². The molecule has 2 aromatic rings. The van der Waals surface area contributed by atoms with E-state index in [1.54, 1.807) is 6.07 Å². The molecule has 5 rings (SSSR count). The molecule has 33 heavy (non-hydrogen) atoms. The second-order valence-electron chi connectivity index (χ2n) is 10.5. The highest BCUT2D eigenvalue weighted by Gasteiger charge is 2.36. The van der Waals surface area contributed by atoms with Crippen LogP contribution >= 0.6 is 0 Å². The Labute approximate surface area is 194 Å². The summed E-state index contributed by atoms with van der Waals surface area (Å²) in [6, 6.07) is 4.89. The fraction of sp³-hybridized carbons (Fsp3) is 0.680. The van der Waals surface area contributed by atoms with Gasteiger partial charge in [-0.2, -0.15) is 0 Å². The highest BCUT2D eigenvalue weighted by atomic mass is 19.1. The van der Waals surface area contributed by atoms with Crippen LogP contribution in [-0.4, -0.2) is 67.9 Å². The van der Waals surface area contributed by atoms with Crippen molar-refractivity contribution < 1.29 is 18.4 Å². The standard InChI is InChI=1S/C25H35FN4O3/c1-25(16-32-17-25)15-23(31)27-20-5-2-18(3-6-20)8-9-29-10-12-30(13-11-29)24-21-14-19(26)4-7-22(21)33-28-24/h4,7,14,18,20H,2-3,5-6,8-13,15-17H2,1H3,(H,27,31). The Balaban J connectivity index is 1.01. The topological polar surface area (TPSA) is 70.8 Å². The summed E-state index contributed by atoms with van der Waals surface area (Å²) in [7, 11) is 0. The van der Waals surface area contributed by atoms with E-state index in [0.29, 0.717) is 31.3 Å². The van der Waals surface area contributed by atoms with Crippen LogP contribution in [-0.2, 0) is 9.53 Å². The Hall–Kier alpha value is -2.19. The number of amides is 1. The largest absolute Gasteiger partial charge is 0.380 e. The molecule has 1 aliphatic carbocycles. The molecule has 1 amide bonds. The molecular weight excluding hydrogens is 423 g/mol. The number of nitrogens with one attached hydrogen (secondary N) is 1. The summed E-state index contributed by atoms with van der Waals surface area (Å²) in [4.78, 5) is 17.1. The van der Waals surface area contributed by atoms with E-state index in [2.05, 4.69) is 27.2 Å². The van der Waals surface area contributed by atoms with Crippen molar-refractivity contribution in [3.05, 3.63) is 24.0 Å². The first-order valence-electron chi connectivity index (χ1n) is 12.4. The summed E-state index contributed by atoms with van der Waals surface area (Å²) < 4.78 is 24.3. The van der Waals surface area contributed by atoms with E-state index in [4.69, 9.17) is 9.26 Å². The maximum Gasteiger partial charge on any atom is 0.220 e. The van der Waals surface area contributed by atoms with Gasteiger partial charge in [-0.1, -0.05) is 12.1 Å². The average molecular weight is 459 g/mol. The molecule has 8 heteroatoms. The van der Waals surface area contributed by atoms with Crippen LogP contribution in [0.2, 0.25) is 0 Å². The first-order valence-corrected chi connectivity index (χ1v) is 12.4. The lowest BCUT2D eigenvalue weighted by atomic mass is 9.82. The lowest BCUT2D eigenvalue weighted by molar-refractivity contribution is -0.139. The predicted molar refractivity (Wildman–Crippen MR) is 125 cm³/mol. The SMILES string of the molecule is CC1(CC(=O)NC2CCC(CCN3CCN(c4noc5ccc(F)cc45)CC3)CC2)COC1. The number of anilines is 1. The zero-order chi connectivity index (χ0) is 22.8. The Morgan fingerprint density at radius 1 is 1.18 bits per heavy atom. The van der Waals surface area contributed by atoms with Crippen LogP contribution in [0, 0.1) is 17.2 Å². The number of aromatic nitrogens is 1. The van der Waals surface area contributed by atoms with Gasteiger partial charge in [-0.3, -0.25) is 9.69 Å². The van der Waals surface area contributed by atoms with Crippen LogP contribution in [0.15, 0.2) is 22.7 Å². The average Bonchev–Trinajstić information content (AvgIpc) is 3.21. The quantitative estimate of drug-likeness (QED) is 0.684. The first-order chi connectivity index (χ1) is 16.0. The number of nitrogens with zero attached hydrogens (tertiary/aromatic N) is 3. The number of halogens is 1. The molecule has 3 fully saturated rings. The highest BCUT2D eigenvalue weighted by molar-refractivity contribution is 5.88. The second-order valence-corrected chi connectivity index (χ2v) is 10.5. The molecule has 2 aliphatic heterocycles. The van der Waals surface area contributed by atoms with E-state index >= 15 is 0 Å². The number of benzene rings is 1. The van der Waals surface area contributed by atoms with Crippen LogP contribution in [0.4, 0.5) is 10.2 Å². The number of hydrogen-bond acceptors (Lipinski definition) is 6. The first kappa shape index (κ1) is 22.6. The molecule has 0 radical (unpaired) electrons. The summed E-state index contributed by atoms with van der Waals surface area (Å²) in [5.41, 5.74) is 0.675. The molecular formula is C25H35FN4O3. The van der Waals surface area contributed by atoms with E-state index < -0.39 is 0 Å². The summed E-state index contributed by atoms with van der Waals surface area (Å²) in [6.07, 6.45) is 6.37. The van der Waals surface area contributed by atoms with Crippen LogP contribution in [0.5, 0.6) is 0 Å². The number of piperazine rings is 1. The number of ether oxygens (including phenoxy) is 1. The minimum Gasteiger partial charge on any atom is -0.380 e. The van der Waals surface area contributed by atoms with E-state index in [0.717, 1.165) is 62.7 Å². The molecule has 3 aliphatic rings. The monoisotopic (exact) mass is 458 g/mol. The van der Waals surface area contributed by atoms with Crippen molar-refractivity contribution in [2.75, 3.05) is 50.8 Å². The molecule has 2 saturated heterocycles. The lowest BCUT2D eigenvalue weighted by Gasteiger charge is -2.38. The maximum absolute atomic E-state index is 13.6. The number of carbonyl (C=O) groups excluding carboxylic acids is 1. The third kappa shape index (κ3) is 5.32. The molecule has 0 atom stereocenters. The van der Waals surface area contributed by atoms with Crippen molar-refractivity contribution in [2.45, 2.75) is 51.5 Å². The van der Waals surface area contributed by atoms with Gasteiger partial charge in [-0.15, -0.1) is 0 Å². The van der Waals surface area contributed by atoms with Crippen LogP contribution < -0.4 is 10.2 Å². The number of carbonyl (C=O) groups is 1. The van der Waals surface area contributed by atoms with Gasteiger partial charge in [0.1, 0.15) is 5.82 Å². The smallest absolute Gasteiger partial charge is 0.220 e. The molecule has 3 heterocycles. The highest BCUT2D eigenvalue weighted by Crippen LogP contribution is 2.32. The van der Waals surface area contributed by atoms with Gasteiger partial charge < -0.3 is 19.5 Å². The fourth-order valence-electron chi connectivity index (χ4n) is 5.49. The van der Waals surface area contributed by atoms with Crippen molar-refractivity contribution in [1.29, 1.82) is 0 Å². The lowest BCUT2D eigenvalue weighted by Crippen LogP contribution is -2.47. The van der Waals surface area contributed by atoms with Gasteiger partial charge >= 0.3 is 0 Å². The molecule has 1 aromatic heterocycles. The van der Waals surface area contributed by atoms with Crippen LogP contribution in [0.3, 0.4) is 0 Å². The predicted octanol–water partition coefficient (Wildman–Crippen LogP) is 3.58. The molecule has 0 bridgehead atoms. The Morgan fingerprint density at radius 2 is 1.94 bits per heavy atom. The summed E-state index contributed by atoms with van der Waals surface area (Å²) in [5.74, 6) is 1.42. The summed E-state index contributed by atoms with van der Waals surface area (Å²) >= 11 is 0. The fourth-order valence-corrected chi connectivity index (χ4v) is 5.49. The second kappa shape index (κ2) is 9.58. The Kier molecular flexibility index (Phi) is 6.56. The number of rotatable bonds is 7. The third-order valence-electron chi connectivity index (χ3n) is 7.64. The van der Waals surface area contributed by atoms with Crippen molar-refractivity contribution in [1.82, 2.24) is 15.4 Å². The van der Waals surface area contributed by atoms with Gasteiger partial charge in [0.2, 0.25) is 5.91 Å². The van der Waals surface area contributed by atoms with Gasteiger partial charge in [-0.05, 0) is 62.8 Å². The number of hydrogen-bond donors (Lipinski definition) is 1. The van der Waals surface area contributed by atoms with Crippen LogP contribution in [0.25, 0.3) is 11.0 Å². The molecule has 1 aromatic carbocycles. The zero-order valence-corrected chi connectivity index (χ0v) is 19.5. The van der Waals surface area contributed by atoms with Gasteiger partial charge in [0.15, 0.2) is 11.4 Å².